The lowest BCUT2D eigenvalue weighted by atomic mass is 9.98. The number of ether oxygens (including phenoxy) is 4. The fourth-order valence-corrected chi connectivity index (χ4v) is 3.51. The van der Waals surface area contributed by atoms with E-state index in [2.05, 4.69) is 6.08 Å². The molecule has 0 radical (unpaired) electrons. The molecular formula is C22H38O10. The van der Waals surface area contributed by atoms with Gasteiger partial charge in [0.15, 0.2) is 12.6 Å². The minimum Gasteiger partial charge on any atom is -0.388 e. The Bertz CT molecular complexity index is 634. The third kappa shape index (κ3) is 7.29. The number of rotatable bonds is 9. The van der Waals surface area contributed by atoms with E-state index in [4.69, 9.17) is 18.9 Å². The van der Waals surface area contributed by atoms with Crippen LogP contribution in [-0.2, 0) is 18.9 Å². The van der Waals surface area contributed by atoms with Gasteiger partial charge in [-0.3, -0.25) is 0 Å². The molecule has 2 saturated heterocycles. The van der Waals surface area contributed by atoms with Crippen LogP contribution < -0.4 is 0 Å². The molecule has 2 aliphatic heterocycles. The Kier molecular flexibility index (Phi) is 10.7. The van der Waals surface area contributed by atoms with Crippen LogP contribution in [-0.4, -0.2) is 105 Å². The lowest BCUT2D eigenvalue weighted by molar-refractivity contribution is -0.326. The van der Waals surface area contributed by atoms with E-state index < -0.39 is 61.4 Å². The first kappa shape index (κ1) is 27.3. The van der Waals surface area contributed by atoms with Crippen LogP contribution in [0, 0.1) is 0 Å². The first-order valence-corrected chi connectivity index (χ1v) is 10.9. The van der Waals surface area contributed by atoms with E-state index >= 15 is 0 Å². The number of aliphatic hydroxyl groups is 6. The second kappa shape index (κ2) is 12.5. The topological polar surface area (TPSA) is 158 Å². The van der Waals surface area contributed by atoms with Crippen molar-refractivity contribution in [1.82, 2.24) is 0 Å². The maximum atomic E-state index is 10.2. The normalized spacial score (nSPS) is 40.9. The molecule has 10 heteroatoms. The predicted molar refractivity (Wildman–Crippen MR) is 113 cm³/mol. The predicted octanol–water partition coefficient (Wildman–Crippen LogP) is -0.653. The summed E-state index contributed by atoms with van der Waals surface area (Å²) in [7, 11) is 0. The SMILES string of the molecule is CC(C)=CCC/C(C)=C\COC1OC(COC2OC(C)C(O)C(O)C2O)C(O)C(O)C1O. The van der Waals surface area contributed by atoms with Crippen LogP contribution in [0.3, 0.4) is 0 Å². The van der Waals surface area contributed by atoms with Crippen LogP contribution in [0.5, 0.6) is 0 Å². The molecule has 2 aliphatic rings. The zero-order valence-corrected chi connectivity index (χ0v) is 19.1. The molecule has 10 atom stereocenters. The Morgan fingerprint density at radius 2 is 1.34 bits per heavy atom. The van der Waals surface area contributed by atoms with Gasteiger partial charge in [-0.1, -0.05) is 23.3 Å². The van der Waals surface area contributed by atoms with Crippen molar-refractivity contribution >= 4 is 0 Å². The molecule has 186 valence electrons. The van der Waals surface area contributed by atoms with Crippen LogP contribution in [0.2, 0.25) is 0 Å². The highest BCUT2D eigenvalue weighted by Crippen LogP contribution is 2.26. The number of aliphatic hydroxyl groups excluding tert-OH is 6. The third-order valence-corrected chi connectivity index (χ3v) is 5.69. The van der Waals surface area contributed by atoms with Crippen molar-refractivity contribution in [1.29, 1.82) is 0 Å². The molecule has 0 spiro atoms. The molecule has 0 saturated carbocycles. The monoisotopic (exact) mass is 462 g/mol. The van der Waals surface area contributed by atoms with Gasteiger partial charge in [0, 0.05) is 0 Å². The highest BCUT2D eigenvalue weighted by Gasteiger charge is 2.46. The van der Waals surface area contributed by atoms with Crippen molar-refractivity contribution < 1.29 is 49.6 Å². The lowest BCUT2D eigenvalue weighted by Crippen LogP contribution is -2.61. The molecule has 0 aliphatic carbocycles. The van der Waals surface area contributed by atoms with Gasteiger partial charge in [0.05, 0.1) is 19.3 Å². The lowest BCUT2D eigenvalue weighted by Gasteiger charge is -2.42. The summed E-state index contributed by atoms with van der Waals surface area (Å²) < 4.78 is 21.9. The summed E-state index contributed by atoms with van der Waals surface area (Å²) in [6, 6.07) is 0. The molecule has 0 aromatic carbocycles. The van der Waals surface area contributed by atoms with Gasteiger partial charge < -0.3 is 49.6 Å². The van der Waals surface area contributed by atoms with Crippen LogP contribution in [0.4, 0.5) is 0 Å². The van der Waals surface area contributed by atoms with Crippen molar-refractivity contribution in [2.45, 2.75) is 102 Å². The Balaban J connectivity index is 1.89. The van der Waals surface area contributed by atoms with Gasteiger partial charge in [-0.25, -0.2) is 0 Å². The molecule has 32 heavy (non-hydrogen) atoms. The minimum atomic E-state index is -1.53. The summed E-state index contributed by atoms with van der Waals surface area (Å²) in [6.45, 7) is 7.39. The van der Waals surface area contributed by atoms with E-state index in [9.17, 15) is 30.6 Å². The average molecular weight is 463 g/mol. The van der Waals surface area contributed by atoms with E-state index in [0.29, 0.717) is 0 Å². The molecule has 10 unspecified atom stereocenters. The molecule has 2 heterocycles. The van der Waals surface area contributed by atoms with Crippen LogP contribution >= 0.6 is 0 Å². The summed E-state index contributed by atoms with van der Waals surface area (Å²) in [4.78, 5) is 0. The average Bonchev–Trinajstić information content (AvgIpc) is 2.74. The second-order valence-corrected chi connectivity index (χ2v) is 8.73. The van der Waals surface area contributed by atoms with Crippen molar-refractivity contribution in [2.75, 3.05) is 13.2 Å². The summed E-state index contributed by atoms with van der Waals surface area (Å²) in [6.07, 6.45) is -7.28. The maximum Gasteiger partial charge on any atom is 0.187 e. The fraction of sp³-hybridized carbons (Fsp3) is 0.818. The van der Waals surface area contributed by atoms with Gasteiger partial charge in [-0.15, -0.1) is 0 Å². The number of hydrogen-bond acceptors (Lipinski definition) is 10. The third-order valence-electron chi connectivity index (χ3n) is 5.69. The summed E-state index contributed by atoms with van der Waals surface area (Å²) >= 11 is 0. The van der Waals surface area contributed by atoms with Crippen molar-refractivity contribution in [3.8, 4) is 0 Å². The molecule has 0 amide bonds. The van der Waals surface area contributed by atoms with Crippen LogP contribution in [0.15, 0.2) is 23.3 Å². The molecule has 0 bridgehead atoms. The number of allylic oxidation sites excluding steroid dienone is 3. The van der Waals surface area contributed by atoms with Crippen molar-refractivity contribution in [2.24, 2.45) is 0 Å². The van der Waals surface area contributed by atoms with Gasteiger partial charge in [0.1, 0.15) is 42.7 Å². The Labute approximate surface area is 188 Å². The van der Waals surface area contributed by atoms with E-state index in [1.807, 2.05) is 26.8 Å². The van der Waals surface area contributed by atoms with Gasteiger partial charge in [0.25, 0.3) is 0 Å². The molecule has 2 rings (SSSR count). The standard InChI is InChI=1S/C22H38O10/c1-11(2)6-5-7-12(3)8-9-29-21-20(28)18(26)16(24)14(32-21)10-30-22-19(27)17(25)15(23)13(4)31-22/h6,8,13-28H,5,7,9-10H2,1-4H3/b12-8-. The second-order valence-electron chi connectivity index (χ2n) is 8.73. The fourth-order valence-electron chi connectivity index (χ4n) is 3.51. The molecule has 0 aromatic rings. The smallest absolute Gasteiger partial charge is 0.187 e. The van der Waals surface area contributed by atoms with Crippen molar-refractivity contribution in [3.05, 3.63) is 23.3 Å². The molecule has 0 aromatic heterocycles. The highest BCUT2D eigenvalue weighted by molar-refractivity contribution is 5.02. The van der Waals surface area contributed by atoms with E-state index in [1.54, 1.807) is 0 Å². The molecule has 6 N–H and O–H groups in total. The first-order chi connectivity index (χ1) is 15.0. The maximum absolute atomic E-state index is 10.2. The van der Waals surface area contributed by atoms with Crippen LogP contribution in [0.25, 0.3) is 0 Å². The molecule has 2 fully saturated rings. The molecule has 10 nitrogen and oxygen atoms in total. The highest BCUT2D eigenvalue weighted by atomic mass is 16.7. The van der Waals surface area contributed by atoms with Crippen LogP contribution in [0.1, 0.15) is 40.5 Å². The van der Waals surface area contributed by atoms with Crippen molar-refractivity contribution in [3.63, 3.8) is 0 Å². The summed E-state index contributed by atoms with van der Waals surface area (Å²) in [5.74, 6) is 0. The van der Waals surface area contributed by atoms with Gasteiger partial charge in [-0.05, 0) is 40.5 Å². The van der Waals surface area contributed by atoms with Gasteiger partial charge in [0.2, 0.25) is 0 Å². The zero-order chi connectivity index (χ0) is 24.0. The Morgan fingerprint density at radius 3 is 1.97 bits per heavy atom. The first-order valence-electron chi connectivity index (χ1n) is 10.9. The Hall–Kier alpha value is -0.920. The number of hydrogen-bond donors (Lipinski definition) is 6. The summed E-state index contributed by atoms with van der Waals surface area (Å²) in [5, 5.41) is 60.3. The van der Waals surface area contributed by atoms with E-state index in [-0.39, 0.29) is 13.2 Å². The van der Waals surface area contributed by atoms with Gasteiger partial charge in [-0.2, -0.15) is 0 Å². The minimum absolute atomic E-state index is 0.144. The van der Waals surface area contributed by atoms with E-state index in [0.717, 1.165) is 18.4 Å². The van der Waals surface area contributed by atoms with Gasteiger partial charge >= 0.3 is 0 Å². The largest absolute Gasteiger partial charge is 0.388 e. The van der Waals surface area contributed by atoms with E-state index in [1.165, 1.54) is 12.5 Å². The quantitative estimate of drug-likeness (QED) is 0.243. The Morgan fingerprint density at radius 1 is 0.750 bits per heavy atom. The zero-order valence-electron chi connectivity index (χ0n) is 19.1. The molecular weight excluding hydrogens is 424 g/mol. The summed E-state index contributed by atoms with van der Waals surface area (Å²) in [5.41, 5.74) is 2.35.